The molecule has 3 atom stereocenters. The molecule has 1 saturated carbocycles. The number of alkyl halides is 3. The summed E-state index contributed by atoms with van der Waals surface area (Å²) in [4.78, 5) is 0. The highest BCUT2D eigenvalue weighted by atomic mass is 19.4. The lowest BCUT2D eigenvalue weighted by Gasteiger charge is -2.50. The third-order valence-electron chi connectivity index (χ3n) is 8.06. The predicted octanol–water partition coefficient (Wildman–Crippen LogP) is 6.85. The first-order chi connectivity index (χ1) is 15.2. The Kier molecular flexibility index (Phi) is 4.93. The predicted molar refractivity (Wildman–Crippen MR) is 116 cm³/mol. The Hall–Kier alpha value is -2.34. The SMILES string of the molecule is CC[C@]12CC[C@](O)(C(F)(F)F)C[C@@H]1CCCc1cc3c(ccn3-c3ccc(F)cc3)cc12. The molecule has 0 amide bonds. The number of halogens is 4. The van der Waals surface area contributed by atoms with E-state index in [0.29, 0.717) is 12.8 Å². The van der Waals surface area contributed by atoms with Crippen LogP contribution in [0.4, 0.5) is 17.6 Å². The van der Waals surface area contributed by atoms with Gasteiger partial charge in [0.15, 0.2) is 5.60 Å². The molecule has 2 aromatic carbocycles. The normalized spacial score (nSPS) is 28.2. The highest BCUT2D eigenvalue weighted by Crippen LogP contribution is 2.57. The highest BCUT2D eigenvalue weighted by molar-refractivity contribution is 5.84. The van der Waals surface area contributed by atoms with E-state index in [0.717, 1.165) is 41.4 Å². The lowest BCUT2D eigenvalue weighted by molar-refractivity contribution is -0.279. The second-order valence-electron chi connectivity index (χ2n) is 9.56. The maximum absolute atomic E-state index is 13.6. The molecule has 0 spiro atoms. The zero-order valence-electron chi connectivity index (χ0n) is 18.1. The van der Waals surface area contributed by atoms with Gasteiger partial charge in [-0.05, 0) is 110 Å². The van der Waals surface area contributed by atoms with E-state index in [1.54, 1.807) is 12.1 Å². The lowest BCUT2D eigenvalue weighted by atomic mass is 9.56. The van der Waals surface area contributed by atoms with Gasteiger partial charge in [0.1, 0.15) is 5.82 Å². The molecule has 2 aliphatic rings. The molecule has 32 heavy (non-hydrogen) atoms. The first kappa shape index (κ1) is 21.5. The number of aromatic nitrogens is 1. The Balaban J connectivity index is 1.61. The molecule has 170 valence electrons. The van der Waals surface area contributed by atoms with Crippen LogP contribution >= 0.6 is 0 Å². The van der Waals surface area contributed by atoms with Crippen molar-refractivity contribution in [3.05, 3.63) is 65.6 Å². The van der Waals surface area contributed by atoms with Crippen LogP contribution in [0.15, 0.2) is 48.7 Å². The van der Waals surface area contributed by atoms with Crippen LogP contribution in [0.1, 0.15) is 56.6 Å². The second-order valence-corrected chi connectivity index (χ2v) is 9.56. The Morgan fingerprint density at radius 2 is 1.84 bits per heavy atom. The van der Waals surface area contributed by atoms with E-state index in [1.807, 2.05) is 16.8 Å². The van der Waals surface area contributed by atoms with E-state index >= 15 is 0 Å². The van der Waals surface area contributed by atoms with Crippen molar-refractivity contribution in [2.24, 2.45) is 5.92 Å². The van der Waals surface area contributed by atoms with Crippen LogP contribution in [0.5, 0.6) is 0 Å². The minimum atomic E-state index is -4.60. The molecule has 1 heterocycles. The van der Waals surface area contributed by atoms with E-state index in [4.69, 9.17) is 0 Å². The Labute approximate surface area is 184 Å². The molecule has 1 fully saturated rings. The van der Waals surface area contributed by atoms with Gasteiger partial charge in [-0.3, -0.25) is 0 Å². The molecule has 0 aliphatic heterocycles. The molecule has 0 saturated heterocycles. The van der Waals surface area contributed by atoms with Crippen LogP contribution in [-0.2, 0) is 11.8 Å². The maximum Gasteiger partial charge on any atom is 0.417 e. The summed E-state index contributed by atoms with van der Waals surface area (Å²) in [6, 6.07) is 12.7. The average molecular weight is 446 g/mol. The van der Waals surface area contributed by atoms with Gasteiger partial charge < -0.3 is 9.67 Å². The van der Waals surface area contributed by atoms with Crippen molar-refractivity contribution in [2.45, 2.75) is 69.1 Å². The highest BCUT2D eigenvalue weighted by Gasteiger charge is 2.60. The first-order valence-corrected chi connectivity index (χ1v) is 11.4. The fourth-order valence-corrected chi connectivity index (χ4v) is 6.25. The first-order valence-electron chi connectivity index (χ1n) is 11.4. The molecule has 1 aromatic heterocycles. The second kappa shape index (κ2) is 7.34. The van der Waals surface area contributed by atoms with E-state index in [-0.39, 0.29) is 30.0 Å². The van der Waals surface area contributed by atoms with Gasteiger partial charge in [0, 0.05) is 17.3 Å². The molecule has 0 bridgehead atoms. The van der Waals surface area contributed by atoms with Crippen molar-refractivity contribution >= 4 is 10.9 Å². The smallest absolute Gasteiger partial charge is 0.380 e. The van der Waals surface area contributed by atoms with E-state index in [2.05, 4.69) is 19.1 Å². The van der Waals surface area contributed by atoms with Gasteiger partial charge in [-0.15, -0.1) is 0 Å². The topological polar surface area (TPSA) is 25.2 Å². The molecule has 3 aromatic rings. The zero-order valence-corrected chi connectivity index (χ0v) is 18.1. The summed E-state index contributed by atoms with van der Waals surface area (Å²) >= 11 is 0. The molecule has 2 nitrogen and oxygen atoms in total. The third kappa shape index (κ3) is 3.18. The molecular weight excluding hydrogens is 418 g/mol. The molecule has 6 heteroatoms. The van der Waals surface area contributed by atoms with Crippen LogP contribution in [0.2, 0.25) is 0 Å². The van der Waals surface area contributed by atoms with Gasteiger partial charge in [-0.2, -0.15) is 13.2 Å². The molecule has 5 rings (SSSR count). The standard InChI is InChI=1S/C26H27F4NO/c1-2-24-11-12-25(32,26(28,29)30)16-19(24)5-3-4-17-15-23-18(14-22(17)24)10-13-31(23)21-8-6-20(27)7-9-21/h6-10,13-15,19,32H,2-5,11-12,16H2,1H3/t19-,24-,25+/m0/s1. The van der Waals surface area contributed by atoms with Gasteiger partial charge in [0.2, 0.25) is 0 Å². The van der Waals surface area contributed by atoms with Gasteiger partial charge in [0.25, 0.3) is 0 Å². The minimum Gasteiger partial charge on any atom is -0.380 e. The Morgan fingerprint density at radius 3 is 2.53 bits per heavy atom. The monoisotopic (exact) mass is 445 g/mol. The molecule has 0 radical (unpaired) electrons. The molecule has 1 N–H and O–H groups in total. The van der Waals surface area contributed by atoms with Gasteiger partial charge in [0.05, 0.1) is 5.52 Å². The van der Waals surface area contributed by atoms with Crippen molar-refractivity contribution < 1.29 is 22.7 Å². The number of aryl methyl sites for hydroxylation is 1. The van der Waals surface area contributed by atoms with Crippen molar-refractivity contribution in [1.82, 2.24) is 4.57 Å². The summed E-state index contributed by atoms with van der Waals surface area (Å²) in [6.07, 6.45) is 0.258. The minimum absolute atomic E-state index is 0.203. The average Bonchev–Trinajstić information content (AvgIpc) is 3.09. The van der Waals surface area contributed by atoms with Gasteiger partial charge in [-0.25, -0.2) is 4.39 Å². The van der Waals surface area contributed by atoms with Crippen molar-refractivity contribution in [2.75, 3.05) is 0 Å². The number of benzene rings is 2. The van der Waals surface area contributed by atoms with Crippen molar-refractivity contribution in [3.63, 3.8) is 0 Å². The quantitative estimate of drug-likeness (QED) is 0.429. The third-order valence-corrected chi connectivity index (χ3v) is 8.06. The van der Waals surface area contributed by atoms with Crippen LogP contribution in [0, 0.1) is 11.7 Å². The van der Waals surface area contributed by atoms with Crippen molar-refractivity contribution in [3.8, 4) is 5.69 Å². The fraction of sp³-hybridized carbons (Fsp3) is 0.462. The Morgan fingerprint density at radius 1 is 1.09 bits per heavy atom. The summed E-state index contributed by atoms with van der Waals surface area (Å²) in [5.74, 6) is -0.489. The van der Waals surface area contributed by atoms with E-state index in [1.165, 1.54) is 17.7 Å². The number of nitrogens with zero attached hydrogens (tertiary/aromatic N) is 1. The van der Waals surface area contributed by atoms with E-state index in [9.17, 15) is 22.7 Å². The summed E-state index contributed by atoms with van der Waals surface area (Å²) in [6.45, 7) is 2.06. The number of rotatable bonds is 2. The van der Waals surface area contributed by atoms with Crippen molar-refractivity contribution in [1.29, 1.82) is 0 Å². The van der Waals surface area contributed by atoms with E-state index < -0.39 is 11.8 Å². The van der Waals surface area contributed by atoms with Crippen LogP contribution in [-0.4, -0.2) is 21.5 Å². The van der Waals surface area contributed by atoms with Crippen LogP contribution < -0.4 is 0 Å². The van der Waals surface area contributed by atoms with Gasteiger partial charge in [-0.1, -0.05) is 6.92 Å². The maximum atomic E-state index is 13.6. The number of hydrogen-bond acceptors (Lipinski definition) is 1. The number of aliphatic hydroxyl groups is 1. The zero-order chi connectivity index (χ0) is 22.7. The summed E-state index contributed by atoms with van der Waals surface area (Å²) in [7, 11) is 0. The van der Waals surface area contributed by atoms with Gasteiger partial charge >= 0.3 is 6.18 Å². The molecular formula is C26H27F4NO. The van der Waals surface area contributed by atoms with Crippen LogP contribution in [0.25, 0.3) is 16.6 Å². The largest absolute Gasteiger partial charge is 0.417 e. The van der Waals surface area contributed by atoms with Crippen LogP contribution in [0.3, 0.4) is 0 Å². The fourth-order valence-electron chi connectivity index (χ4n) is 6.25. The lowest BCUT2D eigenvalue weighted by Crippen LogP contribution is -2.54. The summed E-state index contributed by atoms with van der Waals surface area (Å²) < 4.78 is 56.3. The molecule has 2 aliphatic carbocycles. The molecule has 0 unspecified atom stereocenters. The summed E-state index contributed by atoms with van der Waals surface area (Å²) in [5.41, 5.74) is 1.28. The number of fused-ring (bicyclic) bond motifs is 4. The Bertz CT molecular complexity index is 1150. The summed E-state index contributed by atoms with van der Waals surface area (Å²) in [5, 5.41) is 11.5. The number of hydrogen-bond donors (Lipinski definition) is 1.